The summed E-state index contributed by atoms with van der Waals surface area (Å²) in [7, 11) is 1.57. The van der Waals surface area contributed by atoms with Crippen molar-refractivity contribution in [3.63, 3.8) is 0 Å². The molecule has 31 heavy (non-hydrogen) atoms. The van der Waals surface area contributed by atoms with Gasteiger partial charge >= 0.3 is 5.69 Å². The van der Waals surface area contributed by atoms with E-state index in [1.807, 2.05) is 4.90 Å². The van der Waals surface area contributed by atoms with Crippen LogP contribution in [0.1, 0.15) is 0 Å². The predicted molar refractivity (Wildman–Crippen MR) is 116 cm³/mol. The van der Waals surface area contributed by atoms with Gasteiger partial charge in [0.25, 0.3) is 0 Å². The van der Waals surface area contributed by atoms with Crippen molar-refractivity contribution in [3.05, 3.63) is 70.8 Å². The molecule has 0 spiro atoms. The van der Waals surface area contributed by atoms with Gasteiger partial charge in [-0.25, -0.2) is 14.4 Å². The molecule has 1 fully saturated rings. The third-order valence-corrected chi connectivity index (χ3v) is 5.11. The molecule has 1 aliphatic heterocycles. The van der Waals surface area contributed by atoms with Crippen molar-refractivity contribution in [2.24, 2.45) is 0 Å². The quantitative estimate of drug-likeness (QED) is 0.474. The average Bonchev–Trinajstić information content (AvgIpc) is 2.80. The van der Waals surface area contributed by atoms with Crippen molar-refractivity contribution in [3.8, 4) is 5.75 Å². The van der Waals surface area contributed by atoms with Crippen molar-refractivity contribution >= 4 is 28.7 Å². The number of hydrogen-bond acceptors (Lipinski definition) is 8. The smallest absolute Gasteiger partial charge is 0.353 e. The van der Waals surface area contributed by atoms with Gasteiger partial charge < -0.3 is 19.9 Å². The number of aromatic nitrogens is 2. The zero-order valence-electron chi connectivity index (χ0n) is 16.9. The largest absolute Gasteiger partial charge is 0.497 e. The van der Waals surface area contributed by atoms with Crippen LogP contribution >= 0.6 is 0 Å². The van der Waals surface area contributed by atoms with Crippen LogP contribution in [-0.4, -0.2) is 48.2 Å². The molecule has 9 nitrogen and oxygen atoms in total. The van der Waals surface area contributed by atoms with E-state index in [4.69, 9.17) is 4.74 Å². The third-order valence-electron chi connectivity index (χ3n) is 5.11. The number of nitrogens with zero attached hydrogens (tertiary/aromatic N) is 5. The van der Waals surface area contributed by atoms with E-state index in [1.165, 1.54) is 18.5 Å². The molecule has 0 aliphatic carbocycles. The second-order valence-corrected chi connectivity index (χ2v) is 6.96. The molecule has 1 N–H and O–H groups in total. The highest BCUT2D eigenvalue weighted by Crippen LogP contribution is 2.34. The molecule has 0 unspecified atom stereocenters. The lowest BCUT2D eigenvalue weighted by Gasteiger charge is -2.36. The molecule has 0 bridgehead atoms. The number of nitrogens with one attached hydrogen (secondary N) is 1. The van der Waals surface area contributed by atoms with Gasteiger partial charge in [-0.05, 0) is 48.5 Å². The second-order valence-electron chi connectivity index (χ2n) is 6.96. The highest BCUT2D eigenvalue weighted by molar-refractivity contribution is 5.74. The van der Waals surface area contributed by atoms with Crippen molar-refractivity contribution < 1.29 is 14.1 Å². The summed E-state index contributed by atoms with van der Waals surface area (Å²) in [5.41, 5.74) is 1.39. The molecule has 2 heterocycles. The summed E-state index contributed by atoms with van der Waals surface area (Å²) in [6.07, 6.45) is 1.32. The Labute approximate surface area is 178 Å². The van der Waals surface area contributed by atoms with Gasteiger partial charge in [0.05, 0.1) is 12.0 Å². The molecule has 1 saturated heterocycles. The maximum Gasteiger partial charge on any atom is 0.353 e. The molecule has 0 saturated carbocycles. The minimum atomic E-state index is -0.465. The summed E-state index contributed by atoms with van der Waals surface area (Å²) < 4.78 is 18.3. The van der Waals surface area contributed by atoms with Crippen molar-refractivity contribution in [1.29, 1.82) is 0 Å². The van der Waals surface area contributed by atoms with E-state index in [9.17, 15) is 14.5 Å². The van der Waals surface area contributed by atoms with Crippen LogP contribution in [-0.2, 0) is 0 Å². The Balaban J connectivity index is 1.53. The standard InChI is InChI=1S/C21H21FN6O3/c1-31-18-8-4-16(5-9-18)25-20-19(28(29)30)21(24-14-23-20)27-12-10-26(11-13-27)17-6-2-15(22)3-7-17/h2-9,14H,10-13H2,1H3,(H,23,24,25). The predicted octanol–water partition coefficient (Wildman–Crippen LogP) is 3.60. The summed E-state index contributed by atoms with van der Waals surface area (Å²) in [6.45, 7) is 2.34. The summed E-state index contributed by atoms with van der Waals surface area (Å²) in [5, 5.41) is 14.9. The van der Waals surface area contributed by atoms with Gasteiger partial charge in [-0.1, -0.05) is 0 Å². The van der Waals surface area contributed by atoms with Crippen molar-refractivity contribution in [2.45, 2.75) is 0 Å². The van der Waals surface area contributed by atoms with Crippen LogP contribution in [0.4, 0.5) is 33.1 Å². The molecule has 0 atom stereocenters. The molecule has 1 aromatic heterocycles. The molecular weight excluding hydrogens is 403 g/mol. The first-order chi connectivity index (χ1) is 15.0. The Hall–Kier alpha value is -3.95. The first-order valence-electron chi connectivity index (χ1n) is 9.71. The van der Waals surface area contributed by atoms with Crippen LogP contribution in [0, 0.1) is 15.9 Å². The Bertz CT molecular complexity index is 1050. The van der Waals surface area contributed by atoms with Crippen LogP contribution in [0.15, 0.2) is 54.9 Å². The van der Waals surface area contributed by atoms with E-state index in [-0.39, 0.29) is 23.1 Å². The molecule has 4 rings (SSSR count). The maximum atomic E-state index is 13.2. The Kier molecular flexibility index (Phi) is 5.78. The molecule has 0 radical (unpaired) electrons. The van der Waals surface area contributed by atoms with Crippen LogP contribution in [0.25, 0.3) is 0 Å². The lowest BCUT2D eigenvalue weighted by Crippen LogP contribution is -2.47. The summed E-state index contributed by atoms with van der Waals surface area (Å²) >= 11 is 0. The normalized spacial score (nSPS) is 13.7. The van der Waals surface area contributed by atoms with E-state index < -0.39 is 4.92 Å². The van der Waals surface area contributed by atoms with Crippen LogP contribution in [0.2, 0.25) is 0 Å². The van der Waals surface area contributed by atoms with E-state index in [0.29, 0.717) is 37.6 Å². The average molecular weight is 424 g/mol. The zero-order chi connectivity index (χ0) is 21.8. The first kappa shape index (κ1) is 20.3. The van der Waals surface area contributed by atoms with E-state index in [0.717, 1.165) is 5.69 Å². The Morgan fingerprint density at radius 2 is 1.65 bits per heavy atom. The number of hydrogen-bond donors (Lipinski definition) is 1. The lowest BCUT2D eigenvalue weighted by molar-refractivity contribution is -0.383. The van der Waals surface area contributed by atoms with E-state index >= 15 is 0 Å². The topological polar surface area (TPSA) is 96.7 Å². The summed E-state index contributed by atoms with van der Waals surface area (Å²) in [4.78, 5) is 23.7. The minimum absolute atomic E-state index is 0.126. The minimum Gasteiger partial charge on any atom is -0.497 e. The summed E-state index contributed by atoms with van der Waals surface area (Å²) in [6, 6.07) is 13.3. The fraction of sp³-hybridized carbons (Fsp3) is 0.238. The fourth-order valence-corrected chi connectivity index (χ4v) is 3.50. The zero-order valence-corrected chi connectivity index (χ0v) is 16.9. The summed E-state index contributed by atoms with van der Waals surface area (Å²) in [5.74, 6) is 0.800. The van der Waals surface area contributed by atoms with Gasteiger partial charge in [-0.2, -0.15) is 0 Å². The van der Waals surface area contributed by atoms with Crippen LogP contribution < -0.4 is 19.9 Å². The highest BCUT2D eigenvalue weighted by atomic mass is 19.1. The first-order valence-corrected chi connectivity index (χ1v) is 9.71. The van der Waals surface area contributed by atoms with Crippen molar-refractivity contribution in [1.82, 2.24) is 9.97 Å². The number of nitro groups is 1. The SMILES string of the molecule is COc1ccc(Nc2ncnc(N3CCN(c4ccc(F)cc4)CC3)c2[N+](=O)[O-])cc1. The number of methoxy groups -OCH3 is 1. The van der Waals surface area contributed by atoms with Gasteiger partial charge in [0.1, 0.15) is 17.9 Å². The van der Waals surface area contributed by atoms with Gasteiger partial charge in [0.15, 0.2) is 0 Å². The number of rotatable bonds is 6. The molecule has 10 heteroatoms. The number of benzene rings is 2. The molecule has 1 aliphatic rings. The molecule has 0 amide bonds. The number of anilines is 4. The second kappa shape index (κ2) is 8.82. The van der Waals surface area contributed by atoms with E-state index in [1.54, 1.807) is 43.5 Å². The molecule has 3 aromatic rings. The third kappa shape index (κ3) is 4.47. The Morgan fingerprint density at radius 3 is 2.26 bits per heavy atom. The van der Waals surface area contributed by atoms with Crippen LogP contribution in [0.3, 0.4) is 0 Å². The fourth-order valence-electron chi connectivity index (χ4n) is 3.50. The van der Waals surface area contributed by atoms with Crippen molar-refractivity contribution in [2.75, 3.05) is 48.4 Å². The van der Waals surface area contributed by atoms with Crippen LogP contribution in [0.5, 0.6) is 5.75 Å². The van der Waals surface area contributed by atoms with Gasteiger partial charge in [-0.15, -0.1) is 0 Å². The molecular formula is C21H21FN6O3. The maximum absolute atomic E-state index is 13.2. The highest BCUT2D eigenvalue weighted by Gasteiger charge is 2.29. The number of ether oxygens (including phenoxy) is 1. The molecule has 2 aromatic carbocycles. The Morgan fingerprint density at radius 1 is 1.00 bits per heavy atom. The molecule has 160 valence electrons. The lowest BCUT2D eigenvalue weighted by atomic mass is 10.2. The number of halogens is 1. The monoisotopic (exact) mass is 424 g/mol. The van der Waals surface area contributed by atoms with Gasteiger partial charge in [-0.3, -0.25) is 10.1 Å². The van der Waals surface area contributed by atoms with Gasteiger partial charge in [0, 0.05) is 37.6 Å². The van der Waals surface area contributed by atoms with E-state index in [2.05, 4.69) is 20.2 Å². The number of piperazine rings is 1. The van der Waals surface area contributed by atoms with Gasteiger partial charge in [0.2, 0.25) is 11.6 Å².